The van der Waals surface area contributed by atoms with Gasteiger partial charge in [0.25, 0.3) is 0 Å². The number of hydrogen-bond donors (Lipinski definition) is 3. The summed E-state index contributed by atoms with van der Waals surface area (Å²) in [5.74, 6) is -1.06. The molecule has 2 atom stereocenters. The lowest BCUT2D eigenvalue weighted by atomic mass is 9.91. The highest BCUT2D eigenvalue weighted by Gasteiger charge is 2.34. The normalized spacial score (nSPS) is 14.3. The highest BCUT2D eigenvalue weighted by Crippen LogP contribution is 2.26. The third-order valence-electron chi connectivity index (χ3n) is 9.64. The Kier molecular flexibility index (Phi) is 14.3. The molecule has 1 aliphatic rings. The molecule has 0 aliphatic carbocycles. The first-order valence-corrected chi connectivity index (χ1v) is 19.1. The zero-order chi connectivity index (χ0) is 39.2. The van der Waals surface area contributed by atoms with E-state index in [9.17, 15) is 24.0 Å². The van der Waals surface area contributed by atoms with E-state index in [1.54, 1.807) is 49.9 Å². The number of nitrogens with one attached hydrogen (secondary N) is 3. The minimum atomic E-state index is -0.862. The number of Topliss-reactive ketones (excluding diaryl/α,β-unsaturated/α-hetero) is 1. The van der Waals surface area contributed by atoms with Crippen molar-refractivity contribution in [1.82, 2.24) is 20.9 Å². The Morgan fingerprint density at radius 1 is 0.727 bits per heavy atom. The van der Waals surface area contributed by atoms with Crippen LogP contribution in [0.4, 0.5) is 4.79 Å². The van der Waals surface area contributed by atoms with Crippen LogP contribution in [0.25, 0.3) is 0 Å². The van der Waals surface area contributed by atoms with Crippen molar-refractivity contribution < 1.29 is 28.7 Å². The molecule has 0 radical (unpaired) electrons. The van der Waals surface area contributed by atoms with Crippen LogP contribution in [0.15, 0.2) is 115 Å². The topological polar surface area (TPSA) is 134 Å². The number of ketones is 1. The summed E-state index contributed by atoms with van der Waals surface area (Å²) in [4.78, 5) is 67.9. The van der Waals surface area contributed by atoms with Gasteiger partial charge in [0.1, 0.15) is 17.7 Å². The third-order valence-corrected chi connectivity index (χ3v) is 9.64. The quantitative estimate of drug-likeness (QED) is 0.0861. The highest BCUT2D eigenvalue weighted by molar-refractivity contribution is 5.98. The molecule has 3 N–H and O–H groups in total. The monoisotopic (exact) mass is 744 g/mol. The predicted molar refractivity (Wildman–Crippen MR) is 212 cm³/mol. The first-order chi connectivity index (χ1) is 26.5. The number of carbonyl (C=O) groups excluding carboxylic acids is 5. The van der Waals surface area contributed by atoms with E-state index in [0.717, 1.165) is 22.3 Å². The molecule has 0 bridgehead atoms. The van der Waals surface area contributed by atoms with Crippen LogP contribution in [0, 0.1) is 0 Å². The van der Waals surface area contributed by atoms with Crippen molar-refractivity contribution >= 4 is 29.6 Å². The molecule has 5 rings (SSSR count). The van der Waals surface area contributed by atoms with Crippen molar-refractivity contribution in [2.45, 2.75) is 89.4 Å². The fraction of sp³-hybridized carbons (Fsp3) is 0.356. The van der Waals surface area contributed by atoms with Gasteiger partial charge in [0.15, 0.2) is 5.78 Å². The van der Waals surface area contributed by atoms with Gasteiger partial charge < -0.3 is 25.6 Å². The molecule has 1 aliphatic heterocycles. The molecular weight excluding hydrogens is 693 g/mol. The number of carbonyl (C=O) groups is 5. The van der Waals surface area contributed by atoms with E-state index >= 15 is 0 Å². The number of alkyl carbamates (subject to hydrolysis) is 1. The minimum Gasteiger partial charge on any atom is -0.444 e. The number of ether oxygens (including phenoxy) is 1. The number of rotatable bonds is 16. The number of nitrogens with zero attached hydrogens (tertiary/aromatic N) is 1. The summed E-state index contributed by atoms with van der Waals surface area (Å²) in [6.07, 6.45) is 1.12. The largest absolute Gasteiger partial charge is 0.444 e. The van der Waals surface area contributed by atoms with Crippen molar-refractivity contribution in [3.8, 4) is 0 Å². The number of benzene rings is 4. The van der Waals surface area contributed by atoms with Gasteiger partial charge in [-0.1, -0.05) is 115 Å². The van der Waals surface area contributed by atoms with Crippen molar-refractivity contribution in [2.24, 2.45) is 0 Å². The predicted octanol–water partition coefficient (Wildman–Crippen LogP) is 6.73. The Morgan fingerprint density at radius 3 is 1.93 bits per heavy atom. The van der Waals surface area contributed by atoms with E-state index in [4.69, 9.17) is 4.74 Å². The molecule has 0 fully saturated rings. The molecule has 0 saturated heterocycles. The zero-order valence-electron chi connectivity index (χ0n) is 32.0. The lowest BCUT2D eigenvalue weighted by molar-refractivity contribution is -0.141. The third kappa shape index (κ3) is 12.1. The van der Waals surface area contributed by atoms with Gasteiger partial charge in [0.05, 0.1) is 0 Å². The van der Waals surface area contributed by atoms with Crippen molar-refractivity contribution in [3.63, 3.8) is 0 Å². The number of fused-ring (bicyclic) bond motifs is 1. The fourth-order valence-corrected chi connectivity index (χ4v) is 6.80. The van der Waals surface area contributed by atoms with Gasteiger partial charge in [-0.2, -0.15) is 0 Å². The number of unbranched alkanes of at least 4 members (excludes halogenated alkanes) is 1. The van der Waals surface area contributed by atoms with E-state index in [1.165, 1.54) is 0 Å². The maximum Gasteiger partial charge on any atom is 0.408 e. The van der Waals surface area contributed by atoms with Crippen LogP contribution in [-0.4, -0.2) is 65.3 Å². The molecule has 4 amide bonds. The zero-order valence-corrected chi connectivity index (χ0v) is 32.0. The second-order valence-electron chi connectivity index (χ2n) is 14.9. The molecule has 0 aromatic heterocycles. The summed E-state index contributed by atoms with van der Waals surface area (Å²) in [6, 6.07) is 35.0. The number of amides is 4. The summed E-state index contributed by atoms with van der Waals surface area (Å²) in [7, 11) is 0. The van der Waals surface area contributed by atoms with Crippen LogP contribution in [-0.2, 0) is 32.1 Å². The lowest BCUT2D eigenvalue weighted by Crippen LogP contribution is -2.52. The molecule has 1 heterocycles. The molecular formula is C45H52N4O6. The van der Waals surface area contributed by atoms with Gasteiger partial charge >= 0.3 is 6.09 Å². The highest BCUT2D eigenvalue weighted by atomic mass is 16.6. The SMILES string of the molecule is CC(C)(C)OC(=O)N[C@@H](CCCCNC(=O)C1Cc2ccccc2CN1C(=O)CCC(=O)c1ccccc1)C(=O)NCC(c1ccccc1)c1ccccc1. The Morgan fingerprint density at radius 2 is 1.31 bits per heavy atom. The van der Waals surface area contributed by atoms with Gasteiger partial charge in [-0.05, 0) is 62.3 Å². The molecule has 4 aromatic rings. The Hall–Kier alpha value is -5.77. The average molecular weight is 745 g/mol. The van der Waals surface area contributed by atoms with E-state index in [0.29, 0.717) is 44.3 Å². The fourth-order valence-electron chi connectivity index (χ4n) is 6.80. The summed E-state index contributed by atoms with van der Waals surface area (Å²) in [5.41, 5.74) is 3.92. The molecule has 288 valence electrons. The van der Waals surface area contributed by atoms with Crippen molar-refractivity contribution in [3.05, 3.63) is 143 Å². The molecule has 55 heavy (non-hydrogen) atoms. The van der Waals surface area contributed by atoms with Crippen LogP contribution < -0.4 is 16.0 Å². The molecule has 10 heteroatoms. The Balaban J connectivity index is 1.18. The summed E-state index contributed by atoms with van der Waals surface area (Å²) >= 11 is 0. The first kappa shape index (κ1) is 40.4. The maximum absolute atomic E-state index is 13.7. The maximum atomic E-state index is 13.7. The first-order valence-electron chi connectivity index (χ1n) is 19.1. The molecule has 0 spiro atoms. The summed E-state index contributed by atoms with van der Waals surface area (Å²) in [6.45, 7) is 6.22. The smallest absolute Gasteiger partial charge is 0.408 e. The Bertz CT molecular complexity index is 1860. The standard InChI is InChI=1S/C45H52N4O6/c1-45(2,3)55-44(54)48-38(42(52)47-30-37(32-17-7-4-8-18-32)33-19-9-5-10-20-33)25-15-16-28-46-43(53)39-29-35-23-13-14-24-36(35)31-49(39)41(51)27-26-40(50)34-21-11-6-12-22-34/h4-14,17-24,37-39H,15-16,25-31H2,1-3H3,(H,46,53)(H,47,52)(H,48,54)/t38-,39?/m0/s1. The van der Waals surface area contributed by atoms with E-state index in [2.05, 4.69) is 16.0 Å². The van der Waals surface area contributed by atoms with Crippen LogP contribution >= 0.6 is 0 Å². The van der Waals surface area contributed by atoms with Crippen molar-refractivity contribution in [2.75, 3.05) is 13.1 Å². The molecule has 4 aromatic carbocycles. The lowest BCUT2D eigenvalue weighted by Gasteiger charge is -2.36. The van der Waals surface area contributed by atoms with Gasteiger partial charge in [-0.3, -0.25) is 19.2 Å². The van der Waals surface area contributed by atoms with Crippen molar-refractivity contribution in [1.29, 1.82) is 0 Å². The van der Waals surface area contributed by atoms with E-state index < -0.39 is 23.8 Å². The molecule has 0 saturated carbocycles. The number of hydrogen-bond acceptors (Lipinski definition) is 6. The van der Waals surface area contributed by atoms with E-state index in [-0.39, 0.29) is 48.8 Å². The Labute approximate surface area is 324 Å². The van der Waals surface area contributed by atoms with Gasteiger partial charge in [-0.15, -0.1) is 0 Å². The summed E-state index contributed by atoms with van der Waals surface area (Å²) in [5, 5.41) is 8.82. The van der Waals surface area contributed by atoms with Gasteiger partial charge in [-0.25, -0.2) is 4.79 Å². The molecule has 1 unspecified atom stereocenters. The summed E-state index contributed by atoms with van der Waals surface area (Å²) < 4.78 is 5.48. The van der Waals surface area contributed by atoms with Crippen LogP contribution in [0.3, 0.4) is 0 Å². The van der Waals surface area contributed by atoms with Crippen LogP contribution in [0.5, 0.6) is 0 Å². The van der Waals surface area contributed by atoms with Crippen LogP contribution in [0.2, 0.25) is 0 Å². The van der Waals surface area contributed by atoms with Gasteiger partial charge in [0.2, 0.25) is 17.7 Å². The van der Waals surface area contributed by atoms with E-state index in [1.807, 2.05) is 91.0 Å². The average Bonchev–Trinajstić information content (AvgIpc) is 3.19. The minimum absolute atomic E-state index is 0.00518. The van der Waals surface area contributed by atoms with Crippen LogP contribution in [0.1, 0.15) is 91.4 Å². The second kappa shape index (κ2) is 19.5. The van der Waals surface area contributed by atoms with Gasteiger partial charge in [0, 0.05) is 50.4 Å². The second-order valence-corrected chi connectivity index (χ2v) is 14.9. The molecule has 10 nitrogen and oxygen atoms in total.